The van der Waals surface area contributed by atoms with E-state index in [1.54, 1.807) is 31.2 Å². The van der Waals surface area contributed by atoms with Gasteiger partial charge in [-0.2, -0.15) is 0 Å². The maximum atomic E-state index is 12.9. The smallest absolute Gasteiger partial charge is 0.293 e. The molecule has 0 aromatic heterocycles. The van der Waals surface area contributed by atoms with Gasteiger partial charge in [0.2, 0.25) is 0 Å². The Morgan fingerprint density at radius 1 is 1.00 bits per heavy atom. The molecule has 0 spiro atoms. The van der Waals surface area contributed by atoms with Gasteiger partial charge in [-0.3, -0.25) is 19.3 Å². The summed E-state index contributed by atoms with van der Waals surface area (Å²) in [6, 6.07) is 11.5. The Morgan fingerprint density at radius 3 is 2.44 bits per heavy atom. The molecule has 184 valence electrons. The van der Waals surface area contributed by atoms with Crippen molar-refractivity contribution >= 4 is 63.8 Å². The second-order valence-electron chi connectivity index (χ2n) is 7.91. The van der Waals surface area contributed by atoms with Crippen molar-refractivity contribution in [3.05, 3.63) is 85.7 Å². The minimum Gasteiger partial charge on any atom is -0.507 e. The molecule has 3 aromatic rings. The number of rotatable bonds is 5. The lowest BCUT2D eigenvalue weighted by atomic mass is 10.0. The lowest BCUT2D eigenvalue weighted by Gasteiger charge is -2.13. The monoisotopic (exact) mass is 544 g/mol. The van der Waals surface area contributed by atoms with E-state index in [1.165, 1.54) is 24.3 Å². The average Bonchev–Trinajstić information content (AvgIpc) is 3.08. The zero-order valence-corrected chi connectivity index (χ0v) is 20.9. The van der Waals surface area contributed by atoms with Crippen molar-refractivity contribution in [2.75, 3.05) is 5.32 Å². The number of hydrogen-bond acceptors (Lipinski definition) is 7. The fraction of sp³-hybridized carbons (Fsp3) is 0.0800. The van der Waals surface area contributed by atoms with Gasteiger partial charge in [0.1, 0.15) is 5.75 Å². The maximum absolute atomic E-state index is 12.9. The minimum absolute atomic E-state index is 0.0145. The molecule has 36 heavy (non-hydrogen) atoms. The van der Waals surface area contributed by atoms with Gasteiger partial charge in [0.25, 0.3) is 17.1 Å². The average molecular weight is 545 g/mol. The van der Waals surface area contributed by atoms with Crippen molar-refractivity contribution in [2.24, 2.45) is 0 Å². The summed E-state index contributed by atoms with van der Waals surface area (Å²) in [5.74, 6) is -2.21. The number of phenolic OH excluding ortho intramolecular Hbond substituents is 3. The van der Waals surface area contributed by atoms with Gasteiger partial charge in [0.15, 0.2) is 11.5 Å². The Hall–Kier alpha value is -3.66. The van der Waals surface area contributed by atoms with E-state index in [0.717, 1.165) is 22.7 Å². The fourth-order valence-corrected chi connectivity index (χ4v) is 4.63. The van der Waals surface area contributed by atoms with Crippen molar-refractivity contribution in [2.45, 2.75) is 13.5 Å². The van der Waals surface area contributed by atoms with Crippen LogP contribution in [-0.2, 0) is 11.3 Å². The van der Waals surface area contributed by atoms with Gasteiger partial charge in [0, 0.05) is 11.8 Å². The summed E-state index contributed by atoms with van der Waals surface area (Å²) in [7, 11) is 0. The van der Waals surface area contributed by atoms with E-state index in [0.29, 0.717) is 26.7 Å². The Kier molecular flexibility index (Phi) is 7.16. The highest BCUT2D eigenvalue weighted by Gasteiger charge is 2.35. The second kappa shape index (κ2) is 10.1. The summed E-state index contributed by atoms with van der Waals surface area (Å²) in [4.78, 5) is 39.5. The lowest BCUT2D eigenvalue weighted by Crippen LogP contribution is -2.27. The quantitative estimate of drug-likeness (QED) is 0.178. The second-order valence-corrected chi connectivity index (χ2v) is 9.72. The normalized spacial score (nSPS) is 14.5. The van der Waals surface area contributed by atoms with Crippen molar-refractivity contribution in [1.82, 2.24) is 4.90 Å². The number of aromatic hydroxyl groups is 3. The molecule has 1 heterocycles. The van der Waals surface area contributed by atoms with E-state index in [9.17, 15) is 29.7 Å². The summed E-state index contributed by atoms with van der Waals surface area (Å²) < 4.78 is 0. The molecule has 0 bridgehead atoms. The third-order valence-corrected chi connectivity index (χ3v) is 6.94. The van der Waals surface area contributed by atoms with Gasteiger partial charge in [-0.15, -0.1) is 0 Å². The largest absolute Gasteiger partial charge is 0.507 e. The van der Waals surface area contributed by atoms with E-state index in [1.807, 2.05) is 0 Å². The minimum atomic E-state index is -0.677. The number of carbonyl (C=O) groups excluding carboxylic acids is 3. The first kappa shape index (κ1) is 25.4. The molecule has 0 unspecified atom stereocenters. The molecule has 1 aliphatic rings. The van der Waals surface area contributed by atoms with Crippen LogP contribution >= 0.6 is 35.0 Å². The number of thioether (sulfide) groups is 1. The van der Waals surface area contributed by atoms with Gasteiger partial charge < -0.3 is 20.6 Å². The zero-order chi connectivity index (χ0) is 26.1. The lowest BCUT2D eigenvalue weighted by molar-refractivity contribution is -0.123. The number of nitrogens with zero attached hydrogens (tertiary/aromatic N) is 1. The molecule has 1 fully saturated rings. The van der Waals surface area contributed by atoms with Crippen LogP contribution < -0.4 is 5.32 Å². The highest BCUT2D eigenvalue weighted by molar-refractivity contribution is 8.18. The molecule has 3 aromatic carbocycles. The Morgan fingerprint density at radius 2 is 1.75 bits per heavy atom. The number of carbonyl (C=O) groups is 3. The molecule has 0 saturated carbocycles. The van der Waals surface area contributed by atoms with Crippen LogP contribution in [0.3, 0.4) is 0 Å². The van der Waals surface area contributed by atoms with Gasteiger partial charge in [-0.05, 0) is 77.9 Å². The first-order valence-electron chi connectivity index (χ1n) is 10.4. The molecule has 4 rings (SSSR count). The van der Waals surface area contributed by atoms with Crippen LogP contribution in [0.15, 0.2) is 53.4 Å². The van der Waals surface area contributed by atoms with Crippen LogP contribution in [0.4, 0.5) is 10.5 Å². The van der Waals surface area contributed by atoms with Gasteiger partial charge in [-0.25, -0.2) is 0 Å². The molecule has 0 radical (unpaired) electrons. The zero-order valence-electron chi connectivity index (χ0n) is 18.6. The number of amides is 3. The number of halogens is 2. The fourth-order valence-electron chi connectivity index (χ4n) is 3.47. The summed E-state index contributed by atoms with van der Waals surface area (Å²) in [5, 5.41) is 32.3. The number of phenols is 3. The van der Waals surface area contributed by atoms with Crippen molar-refractivity contribution < 1.29 is 29.7 Å². The van der Waals surface area contributed by atoms with Gasteiger partial charge >= 0.3 is 0 Å². The number of benzene rings is 3. The molecule has 1 saturated heterocycles. The third-order valence-electron chi connectivity index (χ3n) is 5.30. The number of imide groups is 1. The van der Waals surface area contributed by atoms with Crippen LogP contribution in [0.25, 0.3) is 6.08 Å². The predicted molar refractivity (Wildman–Crippen MR) is 139 cm³/mol. The summed E-state index contributed by atoms with van der Waals surface area (Å²) >= 11 is 12.7. The van der Waals surface area contributed by atoms with Crippen LogP contribution in [0, 0.1) is 6.92 Å². The summed E-state index contributed by atoms with van der Waals surface area (Å²) in [6.45, 7) is 1.60. The Bertz CT molecular complexity index is 1460. The standard InChI is InChI=1S/C25H18Cl2N2O6S/c1-12-6-14(7-16(22(12)32)23(33)28-15-3-5-19(30)20(31)10-15)9-21-24(34)29(25(35)36-21)11-13-2-4-17(26)18(27)8-13/h2-10,30-32H,11H2,1H3,(H,28,33)/b21-9-. The molecule has 1 aliphatic heterocycles. The molecule has 0 atom stereocenters. The predicted octanol–water partition coefficient (Wildman–Crippen LogP) is 5.91. The van der Waals surface area contributed by atoms with E-state index >= 15 is 0 Å². The highest BCUT2D eigenvalue weighted by atomic mass is 35.5. The third kappa shape index (κ3) is 5.28. The molecular weight excluding hydrogens is 527 g/mol. The highest BCUT2D eigenvalue weighted by Crippen LogP contribution is 2.35. The van der Waals surface area contributed by atoms with E-state index in [2.05, 4.69) is 5.32 Å². The molecular formula is C25H18Cl2N2O6S. The topological polar surface area (TPSA) is 127 Å². The summed E-state index contributed by atoms with van der Waals surface area (Å²) in [6.07, 6.45) is 1.47. The van der Waals surface area contributed by atoms with Gasteiger partial charge in [-0.1, -0.05) is 29.3 Å². The van der Waals surface area contributed by atoms with Crippen molar-refractivity contribution in [1.29, 1.82) is 0 Å². The van der Waals surface area contributed by atoms with Crippen LogP contribution in [0.1, 0.15) is 27.0 Å². The summed E-state index contributed by atoms with van der Waals surface area (Å²) in [5.41, 5.74) is 1.54. The molecule has 4 N–H and O–H groups in total. The van der Waals surface area contributed by atoms with Crippen molar-refractivity contribution in [3.8, 4) is 17.2 Å². The Labute approximate surface area is 219 Å². The SMILES string of the molecule is Cc1cc(/C=C2\SC(=O)N(Cc3ccc(Cl)c(Cl)c3)C2=O)cc(C(=O)Nc2ccc(O)c(O)c2)c1O. The first-order chi connectivity index (χ1) is 17.0. The van der Waals surface area contributed by atoms with Gasteiger partial charge in [0.05, 0.1) is 27.1 Å². The number of nitrogens with one attached hydrogen (secondary N) is 1. The van der Waals surface area contributed by atoms with E-state index < -0.39 is 22.8 Å². The molecule has 0 aliphatic carbocycles. The van der Waals surface area contributed by atoms with Crippen LogP contribution in [0.5, 0.6) is 17.2 Å². The first-order valence-corrected chi connectivity index (χ1v) is 12.0. The van der Waals surface area contributed by atoms with E-state index in [-0.39, 0.29) is 34.2 Å². The maximum Gasteiger partial charge on any atom is 0.293 e. The van der Waals surface area contributed by atoms with E-state index in [4.69, 9.17) is 23.2 Å². The molecule has 3 amide bonds. The molecule has 8 nitrogen and oxygen atoms in total. The van der Waals surface area contributed by atoms with Crippen LogP contribution in [0.2, 0.25) is 10.0 Å². The number of aryl methyl sites for hydroxylation is 1. The van der Waals surface area contributed by atoms with Crippen LogP contribution in [-0.4, -0.2) is 37.3 Å². The van der Waals surface area contributed by atoms with Crippen molar-refractivity contribution in [3.63, 3.8) is 0 Å². The number of anilines is 1. The Balaban J connectivity index is 1.58. The molecule has 11 heteroatoms. The number of hydrogen-bond donors (Lipinski definition) is 4.